The van der Waals surface area contributed by atoms with Crippen molar-refractivity contribution in [3.05, 3.63) is 65.2 Å². The zero-order chi connectivity index (χ0) is 13.7. The molecular formula is C16H16O3. The van der Waals surface area contributed by atoms with Gasteiger partial charge in [-0.1, -0.05) is 30.3 Å². The summed E-state index contributed by atoms with van der Waals surface area (Å²) in [6, 6.07) is 15.3. The molecule has 3 nitrogen and oxygen atoms in total. The van der Waals surface area contributed by atoms with Gasteiger partial charge in [-0.25, -0.2) is 4.79 Å². The predicted octanol–water partition coefficient (Wildman–Crippen LogP) is 3.36. The van der Waals surface area contributed by atoms with Crippen molar-refractivity contribution in [1.82, 2.24) is 0 Å². The third kappa shape index (κ3) is 3.35. The molecule has 0 aliphatic rings. The fourth-order valence-electron chi connectivity index (χ4n) is 1.81. The summed E-state index contributed by atoms with van der Waals surface area (Å²) in [5, 5.41) is 0. The van der Waals surface area contributed by atoms with Crippen LogP contribution in [0.15, 0.2) is 48.5 Å². The molecule has 2 aromatic rings. The number of ether oxygens (including phenoxy) is 2. The summed E-state index contributed by atoms with van der Waals surface area (Å²) in [7, 11) is 1.38. The van der Waals surface area contributed by atoms with Crippen LogP contribution in [0.25, 0.3) is 0 Å². The van der Waals surface area contributed by atoms with Crippen LogP contribution in [0.3, 0.4) is 0 Å². The van der Waals surface area contributed by atoms with Crippen LogP contribution in [-0.4, -0.2) is 13.1 Å². The lowest BCUT2D eigenvalue weighted by atomic mass is 10.1. The molecule has 0 unspecified atom stereocenters. The van der Waals surface area contributed by atoms with Gasteiger partial charge in [0, 0.05) is 0 Å². The number of carbonyl (C=O) groups excluding carboxylic acids is 1. The number of hydrogen-bond acceptors (Lipinski definition) is 3. The number of methoxy groups -OCH3 is 1. The maximum atomic E-state index is 11.5. The number of carbonyl (C=O) groups is 1. The van der Waals surface area contributed by atoms with Crippen LogP contribution in [0, 0.1) is 6.92 Å². The maximum Gasteiger partial charge on any atom is 0.338 e. The number of hydrogen-bond donors (Lipinski definition) is 0. The van der Waals surface area contributed by atoms with E-state index in [9.17, 15) is 4.79 Å². The van der Waals surface area contributed by atoms with Gasteiger partial charge < -0.3 is 9.47 Å². The molecule has 2 rings (SSSR count). The first kappa shape index (κ1) is 13.1. The van der Waals surface area contributed by atoms with Crippen LogP contribution in [0.1, 0.15) is 21.5 Å². The highest BCUT2D eigenvalue weighted by molar-refractivity contribution is 5.91. The third-order valence-corrected chi connectivity index (χ3v) is 2.85. The first-order valence-corrected chi connectivity index (χ1v) is 6.06. The smallest absolute Gasteiger partial charge is 0.338 e. The van der Waals surface area contributed by atoms with Gasteiger partial charge in [0.1, 0.15) is 12.4 Å². The topological polar surface area (TPSA) is 35.5 Å². The van der Waals surface area contributed by atoms with Gasteiger partial charge in [0.05, 0.1) is 12.7 Å². The average molecular weight is 256 g/mol. The van der Waals surface area contributed by atoms with Crippen LogP contribution < -0.4 is 4.74 Å². The Bertz CT molecular complexity index is 561. The van der Waals surface area contributed by atoms with Crippen LogP contribution in [0.2, 0.25) is 0 Å². The molecule has 0 fully saturated rings. The van der Waals surface area contributed by atoms with Gasteiger partial charge >= 0.3 is 5.97 Å². The lowest BCUT2D eigenvalue weighted by molar-refractivity contribution is 0.0600. The molecule has 0 atom stereocenters. The summed E-state index contributed by atoms with van der Waals surface area (Å²) < 4.78 is 10.4. The van der Waals surface area contributed by atoms with E-state index in [0.29, 0.717) is 12.2 Å². The normalized spacial score (nSPS) is 10.0. The van der Waals surface area contributed by atoms with E-state index in [1.54, 1.807) is 12.1 Å². The van der Waals surface area contributed by atoms with E-state index in [4.69, 9.17) is 9.47 Å². The van der Waals surface area contributed by atoms with E-state index in [0.717, 1.165) is 16.9 Å². The minimum absolute atomic E-state index is 0.327. The van der Waals surface area contributed by atoms with Crippen LogP contribution in [0.5, 0.6) is 5.75 Å². The number of rotatable bonds is 4. The first-order valence-electron chi connectivity index (χ1n) is 6.06. The molecule has 0 N–H and O–H groups in total. The van der Waals surface area contributed by atoms with Gasteiger partial charge in [0.15, 0.2) is 0 Å². The second kappa shape index (κ2) is 6.05. The Morgan fingerprint density at radius 1 is 1.11 bits per heavy atom. The second-order valence-electron chi connectivity index (χ2n) is 4.24. The molecule has 2 aromatic carbocycles. The summed E-state index contributed by atoms with van der Waals surface area (Å²) in [5.41, 5.74) is 2.52. The van der Waals surface area contributed by atoms with Crippen molar-refractivity contribution in [2.24, 2.45) is 0 Å². The Morgan fingerprint density at radius 3 is 2.47 bits per heavy atom. The highest BCUT2D eigenvalue weighted by Crippen LogP contribution is 2.19. The molecule has 0 saturated carbocycles. The molecule has 0 bridgehead atoms. The van der Waals surface area contributed by atoms with Crippen LogP contribution >= 0.6 is 0 Å². The van der Waals surface area contributed by atoms with E-state index in [1.165, 1.54) is 7.11 Å². The minimum Gasteiger partial charge on any atom is -0.489 e. The molecule has 0 aliphatic carbocycles. The zero-order valence-corrected chi connectivity index (χ0v) is 11.1. The first-order chi connectivity index (χ1) is 9.20. The number of benzene rings is 2. The molecule has 0 radical (unpaired) electrons. The Morgan fingerprint density at radius 2 is 1.84 bits per heavy atom. The van der Waals surface area contributed by atoms with Crippen molar-refractivity contribution in [2.75, 3.05) is 7.11 Å². The summed E-state index contributed by atoms with van der Waals surface area (Å²) >= 11 is 0. The van der Waals surface area contributed by atoms with Gasteiger partial charge in [-0.15, -0.1) is 0 Å². The summed E-state index contributed by atoms with van der Waals surface area (Å²) in [6.45, 7) is 2.37. The Labute approximate surface area is 112 Å². The highest BCUT2D eigenvalue weighted by Gasteiger charge is 2.09. The fourth-order valence-corrected chi connectivity index (χ4v) is 1.81. The SMILES string of the molecule is COC(=O)c1ccc(OCc2ccccc2)cc1C. The molecule has 19 heavy (non-hydrogen) atoms. The fraction of sp³-hybridized carbons (Fsp3) is 0.188. The van der Waals surface area contributed by atoms with Gasteiger partial charge in [-0.3, -0.25) is 0 Å². The quantitative estimate of drug-likeness (QED) is 0.787. The van der Waals surface area contributed by atoms with Crippen LogP contribution in [0.4, 0.5) is 0 Å². The Balaban J connectivity index is 2.06. The van der Waals surface area contributed by atoms with Crippen molar-refractivity contribution in [3.63, 3.8) is 0 Å². The lowest BCUT2D eigenvalue weighted by Gasteiger charge is -2.09. The number of esters is 1. The molecule has 0 amide bonds. The summed E-state index contributed by atoms with van der Waals surface area (Å²) in [5.74, 6) is 0.418. The second-order valence-corrected chi connectivity index (χ2v) is 4.24. The Hall–Kier alpha value is -2.29. The minimum atomic E-state index is -0.327. The molecule has 98 valence electrons. The van der Waals surface area contributed by atoms with Crippen molar-refractivity contribution in [1.29, 1.82) is 0 Å². The summed E-state index contributed by atoms with van der Waals surface area (Å²) in [4.78, 5) is 11.5. The van der Waals surface area contributed by atoms with E-state index < -0.39 is 0 Å². The predicted molar refractivity (Wildman–Crippen MR) is 73.3 cm³/mol. The van der Waals surface area contributed by atoms with Gasteiger partial charge in [0.25, 0.3) is 0 Å². The summed E-state index contributed by atoms with van der Waals surface area (Å²) in [6.07, 6.45) is 0. The Kier molecular flexibility index (Phi) is 4.18. The van der Waals surface area contributed by atoms with Gasteiger partial charge in [-0.2, -0.15) is 0 Å². The average Bonchev–Trinajstić information content (AvgIpc) is 2.45. The zero-order valence-electron chi connectivity index (χ0n) is 11.1. The molecule has 0 heterocycles. The molecule has 0 aliphatic heterocycles. The van der Waals surface area contributed by atoms with E-state index in [1.807, 2.05) is 43.3 Å². The lowest BCUT2D eigenvalue weighted by Crippen LogP contribution is -2.04. The molecule has 0 saturated heterocycles. The number of aryl methyl sites for hydroxylation is 1. The maximum absolute atomic E-state index is 11.5. The van der Waals surface area contributed by atoms with Crippen LogP contribution in [-0.2, 0) is 11.3 Å². The monoisotopic (exact) mass is 256 g/mol. The van der Waals surface area contributed by atoms with Crippen molar-refractivity contribution < 1.29 is 14.3 Å². The molecule has 3 heteroatoms. The third-order valence-electron chi connectivity index (χ3n) is 2.85. The van der Waals surface area contributed by atoms with E-state index in [2.05, 4.69) is 0 Å². The highest BCUT2D eigenvalue weighted by atomic mass is 16.5. The molecular weight excluding hydrogens is 240 g/mol. The van der Waals surface area contributed by atoms with Gasteiger partial charge in [-0.05, 0) is 36.2 Å². The largest absolute Gasteiger partial charge is 0.489 e. The standard InChI is InChI=1S/C16H16O3/c1-12-10-14(8-9-15(12)16(17)18-2)19-11-13-6-4-3-5-7-13/h3-10H,11H2,1-2H3. The van der Waals surface area contributed by atoms with Crippen molar-refractivity contribution in [2.45, 2.75) is 13.5 Å². The van der Waals surface area contributed by atoms with E-state index in [-0.39, 0.29) is 5.97 Å². The molecule has 0 spiro atoms. The molecule has 0 aromatic heterocycles. The van der Waals surface area contributed by atoms with Gasteiger partial charge in [0.2, 0.25) is 0 Å². The van der Waals surface area contributed by atoms with Crippen molar-refractivity contribution >= 4 is 5.97 Å². The van der Waals surface area contributed by atoms with Crippen molar-refractivity contribution in [3.8, 4) is 5.75 Å². The van der Waals surface area contributed by atoms with E-state index >= 15 is 0 Å².